The van der Waals surface area contributed by atoms with Crippen LogP contribution >= 0.6 is 0 Å². The summed E-state index contributed by atoms with van der Waals surface area (Å²) in [7, 11) is 1.71. The molecule has 0 bridgehead atoms. The van der Waals surface area contributed by atoms with Crippen LogP contribution in [-0.2, 0) is 6.42 Å². The highest BCUT2D eigenvalue weighted by atomic mass is 16.5. The van der Waals surface area contributed by atoms with Gasteiger partial charge in [-0.15, -0.1) is 0 Å². The molecule has 0 aromatic heterocycles. The zero-order chi connectivity index (χ0) is 12.9. The van der Waals surface area contributed by atoms with Crippen molar-refractivity contribution in [3.63, 3.8) is 0 Å². The van der Waals surface area contributed by atoms with Crippen LogP contribution in [0.25, 0.3) is 0 Å². The summed E-state index contributed by atoms with van der Waals surface area (Å²) in [5.41, 5.74) is 7.98. The zero-order valence-corrected chi connectivity index (χ0v) is 11.3. The van der Waals surface area contributed by atoms with Gasteiger partial charge < -0.3 is 15.8 Å². The summed E-state index contributed by atoms with van der Waals surface area (Å²) in [5.74, 6) is 0.953. The van der Waals surface area contributed by atoms with Crippen LogP contribution in [0.3, 0.4) is 0 Å². The number of nitrogens with two attached hydrogens (primary N) is 1. The molecule has 96 valence electrons. The number of methoxy groups -OCH3 is 1. The summed E-state index contributed by atoms with van der Waals surface area (Å²) in [5, 5.41) is 3.51. The molecule has 17 heavy (non-hydrogen) atoms. The Balaban J connectivity index is 2.85. The van der Waals surface area contributed by atoms with Crippen molar-refractivity contribution < 1.29 is 4.74 Å². The Bertz CT molecular complexity index is 361. The number of benzene rings is 1. The van der Waals surface area contributed by atoms with E-state index in [0.29, 0.717) is 6.54 Å². The predicted octanol–water partition coefficient (Wildman–Crippen LogP) is 2.80. The summed E-state index contributed by atoms with van der Waals surface area (Å²) < 4.78 is 5.32. The van der Waals surface area contributed by atoms with Crippen molar-refractivity contribution in [2.45, 2.75) is 39.2 Å². The molecular weight excluding hydrogens is 212 g/mol. The van der Waals surface area contributed by atoms with Gasteiger partial charge in [-0.05, 0) is 57.0 Å². The fraction of sp³-hybridized carbons (Fsp3) is 0.571. The van der Waals surface area contributed by atoms with Crippen molar-refractivity contribution >= 4 is 5.69 Å². The highest BCUT2D eigenvalue weighted by Gasteiger charge is 2.16. The monoisotopic (exact) mass is 236 g/mol. The molecule has 1 rings (SSSR count). The van der Waals surface area contributed by atoms with E-state index >= 15 is 0 Å². The van der Waals surface area contributed by atoms with Gasteiger partial charge in [-0.25, -0.2) is 0 Å². The van der Waals surface area contributed by atoms with Crippen LogP contribution < -0.4 is 15.8 Å². The van der Waals surface area contributed by atoms with E-state index in [9.17, 15) is 0 Å². The molecule has 0 saturated carbocycles. The molecule has 0 heterocycles. The Labute approximate surface area is 104 Å². The van der Waals surface area contributed by atoms with Crippen molar-refractivity contribution in [2.75, 3.05) is 19.0 Å². The molecule has 0 aliphatic heterocycles. The van der Waals surface area contributed by atoms with Crippen LogP contribution in [0, 0.1) is 0 Å². The van der Waals surface area contributed by atoms with Crippen molar-refractivity contribution in [3.05, 3.63) is 23.8 Å². The Morgan fingerprint density at radius 3 is 2.59 bits per heavy atom. The SMILES string of the molecule is CCc1cc(NC(C)(C)CCN)ccc1OC. The zero-order valence-electron chi connectivity index (χ0n) is 11.3. The minimum absolute atomic E-state index is 0.0222. The van der Waals surface area contributed by atoms with E-state index in [-0.39, 0.29) is 5.54 Å². The van der Waals surface area contributed by atoms with E-state index in [1.54, 1.807) is 7.11 Å². The smallest absolute Gasteiger partial charge is 0.122 e. The first kappa shape index (κ1) is 13.8. The van der Waals surface area contributed by atoms with Crippen LogP contribution in [0.2, 0.25) is 0 Å². The van der Waals surface area contributed by atoms with Crippen LogP contribution in [0.4, 0.5) is 5.69 Å². The summed E-state index contributed by atoms with van der Waals surface area (Å²) in [6, 6.07) is 6.22. The topological polar surface area (TPSA) is 47.3 Å². The molecule has 3 N–H and O–H groups in total. The average Bonchev–Trinajstić information content (AvgIpc) is 2.28. The summed E-state index contributed by atoms with van der Waals surface area (Å²) in [4.78, 5) is 0. The number of hydrogen-bond donors (Lipinski definition) is 2. The third kappa shape index (κ3) is 3.93. The number of rotatable bonds is 6. The maximum Gasteiger partial charge on any atom is 0.122 e. The molecule has 0 amide bonds. The van der Waals surface area contributed by atoms with Gasteiger partial charge in [0.05, 0.1) is 7.11 Å². The number of ether oxygens (including phenoxy) is 1. The Hall–Kier alpha value is -1.22. The van der Waals surface area contributed by atoms with Crippen LogP contribution in [-0.4, -0.2) is 19.2 Å². The molecule has 0 spiro atoms. The number of aryl methyl sites for hydroxylation is 1. The lowest BCUT2D eigenvalue weighted by atomic mass is 10.00. The fourth-order valence-electron chi connectivity index (χ4n) is 1.95. The van der Waals surface area contributed by atoms with Gasteiger partial charge >= 0.3 is 0 Å². The quantitative estimate of drug-likeness (QED) is 0.798. The molecule has 0 unspecified atom stereocenters. The lowest BCUT2D eigenvalue weighted by Gasteiger charge is -2.27. The second kappa shape index (κ2) is 5.92. The van der Waals surface area contributed by atoms with Gasteiger partial charge in [0, 0.05) is 11.2 Å². The first-order valence-corrected chi connectivity index (χ1v) is 6.17. The van der Waals surface area contributed by atoms with Crippen molar-refractivity contribution in [1.82, 2.24) is 0 Å². The van der Waals surface area contributed by atoms with E-state index in [1.807, 2.05) is 6.07 Å². The summed E-state index contributed by atoms with van der Waals surface area (Å²) >= 11 is 0. The Morgan fingerprint density at radius 2 is 2.06 bits per heavy atom. The van der Waals surface area contributed by atoms with Gasteiger partial charge in [-0.1, -0.05) is 6.92 Å². The molecule has 3 heteroatoms. The normalized spacial score (nSPS) is 11.4. The fourth-order valence-corrected chi connectivity index (χ4v) is 1.95. The third-order valence-corrected chi connectivity index (χ3v) is 2.91. The van der Waals surface area contributed by atoms with Crippen LogP contribution in [0.5, 0.6) is 5.75 Å². The highest BCUT2D eigenvalue weighted by molar-refractivity contribution is 5.52. The second-order valence-corrected chi connectivity index (χ2v) is 4.93. The van der Waals surface area contributed by atoms with E-state index in [0.717, 1.165) is 24.3 Å². The molecule has 0 saturated heterocycles. The maximum atomic E-state index is 5.61. The number of nitrogens with one attached hydrogen (secondary N) is 1. The molecule has 0 aliphatic carbocycles. The molecular formula is C14H24N2O. The van der Waals surface area contributed by atoms with E-state index in [2.05, 4.69) is 38.2 Å². The minimum atomic E-state index is 0.0222. The van der Waals surface area contributed by atoms with Gasteiger partial charge in [-0.3, -0.25) is 0 Å². The molecule has 3 nitrogen and oxygen atoms in total. The molecule has 1 aromatic rings. The molecule has 0 atom stereocenters. The van der Waals surface area contributed by atoms with Gasteiger partial charge in [0.15, 0.2) is 0 Å². The van der Waals surface area contributed by atoms with Gasteiger partial charge in [0.2, 0.25) is 0 Å². The third-order valence-electron chi connectivity index (χ3n) is 2.91. The van der Waals surface area contributed by atoms with Crippen molar-refractivity contribution in [3.8, 4) is 5.75 Å². The van der Waals surface area contributed by atoms with E-state index in [1.165, 1.54) is 5.56 Å². The predicted molar refractivity (Wildman–Crippen MR) is 73.7 cm³/mol. The lowest BCUT2D eigenvalue weighted by molar-refractivity contribution is 0.410. The molecule has 1 aromatic carbocycles. The largest absolute Gasteiger partial charge is 0.496 e. The summed E-state index contributed by atoms with van der Waals surface area (Å²) in [6.07, 6.45) is 1.91. The van der Waals surface area contributed by atoms with Crippen molar-refractivity contribution in [2.24, 2.45) is 5.73 Å². The first-order chi connectivity index (χ1) is 8.02. The molecule has 0 radical (unpaired) electrons. The average molecular weight is 236 g/mol. The Morgan fingerprint density at radius 1 is 1.35 bits per heavy atom. The second-order valence-electron chi connectivity index (χ2n) is 4.93. The van der Waals surface area contributed by atoms with Gasteiger partial charge in [0.1, 0.15) is 5.75 Å². The number of anilines is 1. The number of hydrogen-bond acceptors (Lipinski definition) is 3. The summed E-state index contributed by atoms with van der Waals surface area (Å²) in [6.45, 7) is 7.15. The standard InChI is InChI=1S/C14H24N2O/c1-5-11-10-12(6-7-13(11)17-4)16-14(2,3)8-9-15/h6-7,10,16H,5,8-9,15H2,1-4H3. The minimum Gasteiger partial charge on any atom is -0.496 e. The molecule has 0 aliphatic rings. The molecule has 0 fully saturated rings. The highest BCUT2D eigenvalue weighted by Crippen LogP contribution is 2.25. The Kier molecular flexibility index (Phi) is 4.82. The maximum absolute atomic E-state index is 5.61. The lowest BCUT2D eigenvalue weighted by Crippen LogP contribution is -2.33. The van der Waals surface area contributed by atoms with Gasteiger partial charge in [0.25, 0.3) is 0 Å². The van der Waals surface area contributed by atoms with E-state index < -0.39 is 0 Å². The first-order valence-electron chi connectivity index (χ1n) is 6.17. The van der Waals surface area contributed by atoms with Crippen LogP contribution in [0.15, 0.2) is 18.2 Å². The van der Waals surface area contributed by atoms with Crippen LogP contribution in [0.1, 0.15) is 32.8 Å². The van der Waals surface area contributed by atoms with E-state index in [4.69, 9.17) is 10.5 Å². The van der Waals surface area contributed by atoms with Gasteiger partial charge in [-0.2, -0.15) is 0 Å². The van der Waals surface area contributed by atoms with Crippen molar-refractivity contribution in [1.29, 1.82) is 0 Å².